The molecule has 1 unspecified atom stereocenters. The Balaban J connectivity index is 1.41. The molecule has 6 rings (SSSR count). The monoisotopic (exact) mass is 448 g/mol. The highest BCUT2D eigenvalue weighted by Gasteiger charge is 2.31. The first-order valence-electron chi connectivity index (χ1n) is 11.6. The number of anilines is 1. The Labute approximate surface area is 192 Å². The van der Waals surface area contributed by atoms with Crippen molar-refractivity contribution in [3.63, 3.8) is 0 Å². The molecule has 9 nitrogen and oxygen atoms in total. The Morgan fingerprint density at radius 3 is 2.73 bits per heavy atom. The number of hydrogen-bond acceptors (Lipinski definition) is 8. The van der Waals surface area contributed by atoms with E-state index in [9.17, 15) is 0 Å². The first-order chi connectivity index (χ1) is 16.2. The van der Waals surface area contributed by atoms with E-state index in [1.54, 1.807) is 0 Å². The lowest BCUT2D eigenvalue weighted by atomic mass is 10.1. The number of ether oxygens (including phenoxy) is 3. The first-order valence-corrected chi connectivity index (χ1v) is 11.6. The van der Waals surface area contributed by atoms with E-state index in [4.69, 9.17) is 29.3 Å². The standard InChI is InChI=1S/C24H28N6O3/c1-28-9-5-8-19(15-28)33-23-21-22(25-24(26-23)29-10-12-31-13-11-29)30-18(16-32-21)14-20(27-30)17-6-3-2-4-7-17/h2-4,6-7,14,19H,5,8-13,15-16H2,1H3. The van der Waals surface area contributed by atoms with Crippen LogP contribution in [0.25, 0.3) is 17.1 Å². The Bertz CT molecular complexity index is 1130. The van der Waals surface area contributed by atoms with Crippen LogP contribution in [0.15, 0.2) is 36.4 Å². The quantitative estimate of drug-likeness (QED) is 0.603. The summed E-state index contributed by atoms with van der Waals surface area (Å²) >= 11 is 0. The smallest absolute Gasteiger partial charge is 0.264 e. The fourth-order valence-electron chi connectivity index (χ4n) is 4.64. The molecule has 3 aliphatic heterocycles. The van der Waals surface area contributed by atoms with Crippen molar-refractivity contribution in [2.75, 3.05) is 51.3 Å². The van der Waals surface area contributed by atoms with Gasteiger partial charge in [-0.05, 0) is 32.5 Å². The number of morpholine rings is 1. The Morgan fingerprint density at radius 1 is 1.06 bits per heavy atom. The number of hydrogen-bond donors (Lipinski definition) is 0. The molecule has 0 saturated carbocycles. The van der Waals surface area contributed by atoms with Crippen molar-refractivity contribution in [2.24, 2.45) is 0 Å². The molecule has 2 aromatic heterocycles. The lowest BCUT2D eigenvalue weighted by Gasteiger charge is -2.32. The molecule has 2 saturated heterocycles. The molecule has 2 fully saturated rings. The number of rotatable bonds is 4. The highest BCUT2D eigenvalue weighted by atomic mass is 16.5. The third-order valence-corrected chi connectivity index (χ3v) is 6.38. The number of fused-ring (bicyclic) bond motifs is 3. The van der Waals surface area contributed by atoms with Gasteiger partial charge in [-0.2, -0.15) is 15.1 Å². The fraction of sp³-hybridized carbons (Fsp3) is 0.458. The summed E-state index contributed by atoms with van der Waals surface area (Å²) < 4.78 is 20.0. The molecule has 9 heteroatoms. The van der Waals surface area contributed by atoms with Gasteiger partial charge in [0, 0.05) is 25.2 Å². The number of likely N-dealkylation sites (N-methyl/N-ethyl adjacent to an activating group) is 1. The van der Waals surface area contributed by atoms with Crippen LogP contribution < -0.4 is 14.4 Å². The summed E-state index contributed by atoms with van der Waals surface area (Å²) in [7, 11) is 2.13. The largest absolute Gasteiger partial charge is 0.479 e. The van der Waals surface area contributed by atoms with Gasteiger partial charge >= 0.3 is 0 Å². The van der Waals surface area contributed by atoms with Crippen molar-refractivity contribution in [1.29, 1.82) is 0 Å². The van der Waals surface area contributed by atoms with Crippen molar-refractivity contribution in [3.05, 3.63) is 42.1 Å². The van der Waals surface area contributed by atoms with Crippen LogP contribution in [0.5, 0.6) is 11.6 Å². The normalized spacial score (nSPS) is 20.6. The van der Waals surface area contributed by atoms with Crippen LogP contribution in [0.4, 0.5) is 5.95 Å². The van der Waals surface area contributed by atoms with Crippen molar-refractivity contribution in [2.45, 2.75) is 25.6 Å². The number of benzene rings is 1. The van der Waals surface area contributed by atoms with Crippen LogP contribution in [0.1, 0.15) is 18.5 Å². The van der Waals surface area contributed by atoms with Gasteiger partial charge in [0.15, 0.2) is 0 Å². The van der Waals surface area contributed by atoms with Gasteiger partial charge in [-0.3, -0.25) is 0 Å². The van der Waals surface area contributed by atoms with Gasteiger partial charge in [-0.1, -0.05) is 30.3 Å². The molecule has 3 aliphatic rings. The van der Waals surface area contributed by atoms with E-state index in [2.05, 4.69) is 35.0 Å². The van der Waals surface area contributed by atoms with Crippen LogP contribution in [-0.4, -0.2) is 77.2 Å². The number of piperidine rings is 1. The SMILES string of the molecule is CN1CCCC(Oc2nc(N3CCOCC3)nc3c2OCc2cc(-c4ccccc4)nn2-3)C1. The summed E-state index contributed by atoms with van der Waals surface area (Å²) in [5, 5.41) is 4.89. The molecular formula is C24H28N6O3. The molecule has 1 atom stereocenters. The Kier molecular flexibility index (Phi) is 5.35. The van der Waals surface area contributed by atoms with Gasteiger partial charge in [0.05, 0.1) is 24.6 Å². The molecule has 0 spiro atoms. The summed E-state index contributed by atoms with van der Waals surface area (Å²) in [6.07, 6.45) is 2.18. The predicted octanol–water partition coefficient (Wildman–Crippen LogP) is 2.53. The summed E-state index contributed by atoms with van der Waals surface area (Å²) in [4.78, 5) is 14.2. The zero-order chi connectivity index (χ0) is 22.2. The highest BCUT2D eigenvalue weighted by Crippen LogP contribution is 2.39. The first kappa shape index (κ1) is 20.4. The van der Waals surface area contributed by atoms with E-state index in [1.807, 2.05) is 22.9 Å². The summed E-state index contributed by atoms with van der Waals surface area (Å²) in [5.41, 5.74) is 2.91. The van der Waals surface area contributed by atoms with Crippen LogP contribution in [0, 0.1) is 0 Å². The van der Waals surface area contributed by atoms with Gasteiger partial charge in [-0.15, -0.1) is 0 Å². The van der Waals surface area contributed by atoms with E-state index >= 15 is 0 Å². The van der Waals surface area contributed by atoms with Gasteiger partial charge in [-0.25, -0.2) is 4.68 Å². The van der Waals surface area contributed by atoms with Gasteiger partial charge in [0.2, 0.25) is 17.5 Å². The third-order valence-electron chi connectivity index (χ3n) is 6.38. The molecule has 0 N–H and O–H groups in total. The maximum atomic E-state index is 6.45. The number of aromatic nitrogens is 4. The van der Waals surface area contributed by atoms with E-state index in [0.717, 1.165) is 56.0 Å². The van der Waals surface area contributed by atoms with Crippen molar-refractivity contribution >= 4 is 5.95 Å². The topological polar surface area (TPSA) is 77.8 Å². The van der Waals surface area contributed by atoms with Gasteiger partial charge in [0.1, 0.15) is 12.7 Å². The van der Waals surface area contributed by atoms with E-state index in [0.29, 0.717) is 43.2 Å². The minimum atomic E-state index is 0.0720. The molecule has 0 aliphatic carbocycles. The summed E-state index contributed by atoms with van der Waals surface area (Å²) in [6.45, 7) is 5.16. The molecule has 0 bridgehead atoms. The Morgan fingerprint density at radius 2 is 1.91 bits per heavy atom. The molecule has 33 heavy (non-hydrogen) atoms. The molecule has 1 aromatic carbocycles. The Hall–Kier alpha value is -3.17. The molecular weight excluding hydrogens is 420 g/mol. The fourth-order valence-corrected chi connectivity index (χ4v) is 4.64. The van der Waals surface area contributed by atoms with E-state index in [-0.39, 0.29) is 6.10 Å². The van der Waals surface area contributed by atoms with Crippen LogP contribution >= 0.6 is 0 Å². The second-order valence-electron chi connectivity index (χ2n) is 8.81. The molecule has 172 valence electrons. The highest BCUT2D eigenvalue weighted by molar-refractivity contribution is 5.62. The summed E-state index contributed by atoms with van der Waals surface area (Å²) in [5.74, 6) is 2.33. The second kappa shape index (κ2) is 8.64. The molecule has 5 heterocycles. The third kappa shape index (κ3) is 4.02. The zero-order valence-electron chi connectivity index (χ0n) is 18.8. The van der Waals surface area contributed by atoms with Crippen LogP contribution in [0.3, 0.4) is 0 Å². The summed E-state index contributed by atoms with van der Waals surface area (Å²) in [6, 6.07) is 12.2. The maximum absolute atomic E-state index is 6.45. The second-order valence-corrected chi connectivity index (χ2v) is 8.81. The molecule has 0 radical (unpaired) electrons. The zero-order valence-corrected chi connectivity index (χ0v) is 18.8. The maximum Gasteiger partial charge on any atom is 0.264 e. The average molecular weight is 449 g/mol. The van der Waals surface area contributed by atoms with Crippen molar-refractivity contribution in [3.8, 4) is 28.7 Å². The number of nitrogens with zero attached hydrogens (tertiary/aromatic N) is 6. The predicted molar refractivity (Wildman–Crippen MR) is 123 cm³/mol. The van der Waals surface area contributed by atoms with Gasteiger partial charge in [0.25, 0.3) is 5.88 Å². The van der Waals surface area contributed by atoms with Crippen LogP contribution in [0.2, 0.25) is 0 Å². The lowest BCUT2D eigenvalue weighted by Crippen LogP contribution is -2.39. The van der Waals surface area contributed by atoms with E-state index in [1.165, 1.54) is 0 Å². The van der Waals surface area contributed by atoms with Crippen molar-refractivity contribution in [1.82, 2.24) is 24.6 Å². The van der Waals surface area contributed by atoms with Gasteiger partial charge < -0.3 is 24.0 Å². The van der Waals surface area contributed by atoms with E-state index < -0.39 is 0 Å². The van der Waals surface area contributed by atoms with Crippen LogP contribution in [-0.2, 0) is 11.3 Å². The average Bonchev–Trinajstić information content (AvgIpc) is 3.30. The number of likely N-dealkylation sites (tertiary alicyclic amines) is 1. The molecule has 3 aromatic rings. The lowest BCUT2D eigenvalue weighted by molar-refractivity contribution is 0.0939. The minimum absolute atomic E-state index is 0.0720. The van der Waals surface area contributed by atoms with Crippen molar-refractivity contribution < 1.29 is 14.2 Å². The minimum Gasteiger partial charge on any atom is -0.479 e. The molecule has 0 amide bonds.